The number of rotatable bonds is 6. The van der Waals surface area contributed by atoms with E-state index in [9.17, 15) is 4.79 Å². The molecule has 0 aromatic carbocycles. The van der Waals surface area contributed by atoms with Gasteiger partial charge < -0.3 is 0 Å². The van der Waals surface area contributed by atoms with Gasteiger partial charge in [-0.25, -0.2) is 9.66 Å². The molecule has 0 atom stereocenters. The van der Waals surface area contributed by atoms with Gasteiger partial charge in [-0.3, -0.25) is 10.2 Å². The Morgan fingerprint density at radius 2 is 2.19 bits per heavy atom. The first-order valence-electron chi connectivity index (χ1n) is 7.46. The number of nitrogens with zero attached hydrogens (tertiary/aromatic N) is 2. The molecule has 2 heterocycles. The van der Waals surface area contributed by atoms with E-state index in [1.165, 1.54) is 0 Å². The summed E-state index contributed by atoms with van der Waals surface area (Å²) in [5, 5.41) is 0.983. The molecule has 112 valence electrons. The van der Waals surface area contributed by atoms with Gasteiger partial charge in [0.2, 0.25) is 5.91 Å². The van der Waals surface area contributed by atoms with Gasteiger partial charge >= 0.3 is 0 Å². The van der Waals surface area contributed by atoms with Crippen molar-refractivity contribution in [3.05, 3.63) is 34.6 Å². The summed E-state index contributed by atoms with van der Waals surface area (Å²) < 4.78 is 2.28. The molecule has 0 saturated heterocycles. The van der Waals surface area contributed by atoms with E-state index in [2.05, 4.69) is 24.3 Å². The summed E-state index contributed by atoms with van der Waals surface area (Å²) in [6, 6.07) is 5.92. The Kier molecular flexibility index (Phi) is 5.44. The van der Waals surface area contributed by atoms with Crippen LogP contribution in [0.15, 0.2) is 24.4 Å². The van der Waals surface area contributed by atoms with Gasteiger partial charge in [-0.05, 0) is 36.6 Å². The molecule has 2 aromatic heterocycles. The Hall–Kier alpha value is -1.75. The van der Waals surface area contributed by atoms with Crippen LogP contribution >= 0.6 is 12.2 Å². The Labute approximate surface area is 130 Å². The van der Waals surface area contributed by atoms with Crippen molar-refractivity contribution in [3.63, 3.8) is 0 Å². The first-order valence-corrected chi connectivity index (χ1v) is 7.87. The van der Waals surface area contributed by atoms with E-state index in [4.69, 9.17) is 12.2 Å². The monoisotopic (exact) mass is 303 g/mol. The molecule has 0 radical (unpaired) electrons. The lowest BCUT2D eigenvalue weighted by Gasteiger charge is -2.14. The number of pyridine rings is 2. The molecule has 21 heavy (non-hydrogen) atoms. The second kappa shape index (κ2) is 7.31. The van der Waals surface area contributed by atoms with Crippen LogP contribution in [0, 0.1) is 4.64 Å². The minimum Gasteiger partial charge on any atom is -0.273 e. The molecule has 0 aliphatic heterocycles. The van der Waals surface area contributed by atoms with Gasteiger partial charge in [0.15, 0.2) is 5.65 Å². The maximum Gasteiger partial charge on any atom is 0.238 e. The van der Waals surface area contributed by atoms with Gasteiger partial charge in [-0.15, -0.1) is 0 Å². The number of hydrogen-bond donors (Lipinski definition) is 1. The molecule has 0 spiro atoms. The van der Waals surface area contributed by atoms with E-state index in [-0.39, 0.29) is 5.91 Å². The summed E-state index contributed by atoms with van der Waals surface area (Å²) in [5.74, 6) is -0.0141. The van der Waals surface area contributed by atoms with Gasteiger partial charge in [0, 0.05) is 18.0 Å². The van der Waals surface area contributed by atoms with Gasteiger partial charge in [0.05, 0.1) is 0 Å². The first kappa shape index (κ1) is 15.6. The number of unbranched alkanes of at least 4 members (excludes halogenated alkanes) is 2. The summed E-state index contributed by atoms with van der Waals surface area (Å²) in [5.41, 5.74) is 4.64. The maximum atomic E-state index is 12.1. The van der Waals surface area contributed by atoms with E-state index in [0.717, 1.165) is 36.6 Å². The van der Waals surface area contributed by atoms with Crippen LogP contribution in [0.5, 0.6) is 0 Å². The quantitative estimate of drug-likeness (QED) is 0.648. The average Bonchev–Trinajstić information content (AvgIpc) is 2.50. The Bertz CT molecular complexity index is 693. The van der Waals surface area contributed by atoms with Crippen LogP contribution in [0.1, 0.15) is 45.1 Å². The number of hydrogen-bond acceptors (Lipinski definition) is 3. The summed E-state index contributed by atoms with van der Waals surface area (Å²) in [6.07, 6.45) is 6.11. The van der Waals surface area contributed by atoms with Crippen LogP contribution < -0.4 is 5.43 Å². The molecule has 1 amide bonds. The second-order valence-electron chi connectivity index (χ2n) is 5.07. The van der Waals surface area contributed by atoms with E-state index in [1.54, 1.807) is 10.9 Å². The molecule has 0 aliphatic rings. The van der Waals surface area contributed by atoms with Crippen LogP contribution in [0.25, 0.3) is 11.0 Å². The minimum atomic E-state index is -0.0141. The number of aromatic nitrogens is 2. The largest absolute Gasteiger partial charge is 0.273 e. The van der Waals surface area contributed by atoms with Crippen LogP contribution in [0.3, 0.4) is 0 Å². The molecule has 0 fully saturated rings. The molecule has 5 heteroatoms. The van der Waals surface area contributed by atoms with Crippen molar-refractivity contribution >= 4 is 29.2 Å². The van der Waals surface area contributed by atoms with Gasteiger partial charge in [0.1, 0.15) is 4.64 Å². The third-order valence-electron chi connectivity index (χ3n) is 3.46. The van der Waals surface area contributed by atoms with Crippen molar-refractivity contribution in [2.45, 2.75) is 46.0 Å². The van der Waals surface area contributed by atoms with Crippen LogP contribution in [0.2, 0.25) is 0 Å². The molecule has 0 aliphatic carbocycles. The van der Waals surface area contributed by atoms with Crippen LogP contribution in [-0.2, 0) is 11.2 Å². The fourth-order valence-electron chi connectivity index (χ4n) is 2.27. The highest BCUT2D eigenvalue weighted by Crippen LogP contribution is 2.16. The lowest BCUT2D eigenvalue weighted by atomic mass is 10.2. The van der Waals surface area contributed by atoms with Crippen molar-refractivity contribution in [2.75, 3.05) is 5.43 Å². The highest BCUT2D eigenvalue weighted by atomic mass is 32.1. The SMILES string of the molecule is CCCCCC(=O)Nn1c(=S)c(CC)cc2cccnc21. The van der Waals surface area contributed by atoms with Crippen LogP contribution in [0.4, 0.5) is 0 Å². The van der Waals surface area contributed by atoms with Crippen molar-refractivity contribution < 1.29 is 4.79 Å². The van der Waals surface area contributed by atoms with Crippen molar-refractivity contribution in [1.29, 1.82) is 0 Å². The lowest BCUT2D eigenvalue weighted by molar-refractivity contribution is -0.117. The zero-order chi connectivity index (χ0) is 15.2. The molecular formula is C16H21N3OS. The molecule has 2 rings (SSSR count). The molecule has 4 nitrogen and oxygen atoms in total. The van der Waals surface area contributed by atoms with Gasteiger partial charge in [-0.1, -0.05) is 38.9 Å². The standard InChI is InChI=1S/C16H21N3OS/c1-3-5-6-9-14(20)18-19-15-13(8-7-10-17-15)11-12(4-2)16(19)21/h7-8,10-11H,3-6,9H2,1-2H3,(H,18,20). The second-order valence-corrected chi connectivity index (χ2v) is 5.46. The Morgan fingerprint density at radius 1 is 1.38 bits per heavy atom. The lowest BCUT2D eigenvalue weighted by Crippen LogP contribution is -2.25. The topological polar surface area (TPSA) is 46.9 Å². The van der Waals surface area contributed by atoms with Crippen molar-refractivity contribution in [3.8, 4) is 0 Å². The normalized spacial score (nSPS) is 10.8. The maximum absolute atomic E-state index is 12.1. The number of aryl methyl sites for hydroxylation is 1. The predicted octanol–water partition coefficient (Wildman–Crippen LogP) is 3.98. The smallest absolute Gasteiger partial charge is 0.238 e. The minimum absolute atomic E-state index is 0.0141. The number of fused-ring (bicyclic) bond motifs is 1. The highest BCUT2D eigenvalue weighted by molar-refractivity contribution is 7.71. The zero-order valence-corrected chi connectivity index (χ0v) is 13.4. The Morgan fingerprint density at radius 3 is 2.90 bits per heavy atom. The number of carbonyl (C=O) groups excluding carboxylic acids is 1. The third kappa shape index (κ3) is 3.67. The number of amides is 1. The molecule has 2 aromatic rings. The summed E-state index contributed by atoms with van der Waals surface area (Å²) in [7, 11) is 0. The van der Waals surface area contributed by atoms with Crippen molar-refractivity contribution in [2.24, 2.45) is 0 Å². The molecular weight excluding hydrogens is 282 g/mol. The number of nitrogens with one attached hydrogen (secondary N) is 1. The highest BCUT2D eigenvalue weighted by Gasteiger charge is 2.09. The predicted molar refractivity (Wildman–Crippen MR) is 88.5 cm³/mol. The van der Waals surface area contributed by atoms with Crippen molar-refractivity contribution in [1.82, 2.24) is 9.66 Å². The van der Waals surface area contributed by atoms with E-state index < -0.39 is 0 Å². The molecule has 0 saturated carbocycles. The van der Waals surface area contributed by atoms with Gasteiger partial charge in [-0.2, -0.15) is 0 Å². The summed E-state index contributed by atoms with van der Waals surface area (Å²) in [6.45, 7) is 4.18. The Balaban J connectivity index is 2.35. The fraction of sp³-hybridized carbons (Fsp3) is 0.438. The molecule has 0 bridgehead atoms. The van der Waals surface area contributed by atoms with Crippen LogP contribution in [-0.4, -0.2) is 15.6 Å². The molecule has 0 unspecified atom stereocenters. The number of carbonyl (C=O) groups is 1. The van der Waals surface area contributed by atoms with E-state index in [1.807, 2.05) is 18.2 Å². The van der Waals surface area contributed by atoms with E-state index in [0.29, 0.717) is 16.7 Å². The third-order valence-corrected chi connectivity index (χ3v) is 3.91. The first-order chi connectivity index (χ1) is 10.2. The average molecular weight is 303 g/mol. The fourth-order valence-corrected chi connectivity index (χ4v) is 2.61. The van der Waals surface area contributed by atoms with Gasteiger partial charge in [0.25, 0.3) is 0 Å². The summed E-state index contributed by atoms with van der Waals surface area (Å²) in [4.78, 5) is 16.4. The molecule has 1 N–H and O–H groups in total. The summed E-state index contributed by atoms with van der Waals surface area (Å²) >= 11 is 5.48. The zero-order valence-electron chi connectivity index (χ0n) is 12.6. The van der Waals surface area contributed by atoms with E-state index >= 15 is 0 Å².